The van der Waals surface area contributed by atoms with E-state index in [1.165, 1.54) is 23.5 Å². The molecular formula is C21H17N5OS2. The highest BCUT2D eigenvalue weighted by atomic mass is 32.2. The molecule has 0 radical (unpaired) electrons. The lowest BCUT2D eigenvalue weighted by atomic mass is 10.1. The molecule has 0 unspecified atom stereocenters. The fourth-order valence-corrected chi connectivity index (χ4v) is 4.51. The minimum absolute atomic E-state index is 0.131. The van der Waals surface area contributed by atoms with Gasteiger partial charge in [0.2, 0.25) is 5.91 Å². The van der Waals surface area contributed by atoms with E-state index in [4.69, 9.17) is 5.26 Å². The standard InChI is InChI=1S/C21H17N5OS2/c1-14-12-19-24-25-21(26(19)17-8-4-2-6-15(14)17)29-13-20(27)23-16-7-3-5-9-18(16)28-11-10-22/h2-9,12H,11,13H2,1H3,(H,23,27). The lowest BCUT2D eigenvalue weighted by Gasteiger charge is -2.10. The molecule has 0 saturated carbocycles. The number of nitrogens with zero attached hydrogens (tertiary/aromatic N) is 4. The summed E-state index contributed by atoms with van der Waals surface area (Å²) in [5.74, 6) is 0.410. The Hall–Kier alpha value is -3.02. The number of carbonyl (C=O) groups excluding carboxylic acids is 1. The van der Waals surface area contributed by atoms with Crippen LogP contribution in [0.25, 0.3) is 16.6 Å². The molecule has 0 aliphatic rings. The largest absolute Gasteiger partial charge is 0.324 e. The minimum Gasteiger partial charge on any atom is -0.324 e. The molecule has 0 atom stereocenters. The van der Waals surface area contributed by atoms with Crippen LogP contribution in [0.4, 0.5) is 5.69 Å². The third-order valence-corrected chi connectivity index (χ3v) is 6.23. The number of aromatic nitrogens is 3. The molecule has 0 bridgehead atoms. The SMILES string of the molecule is Cc1cc2nnc(SCC(=O)Nc3ccccc3SCC#N)n2c2ccccc12. The number of amides is 1. The first kappa shape index (κ1) is 19.3. The van der Waals surface area contributed by atoms with E-state index >= 15 is 0 Å². The molecule has 8 heteroatoms. The molecule has 0 fully saturated rings. The summed E-state index contributed by atoms with van der Waals surface area (Å²) >= 11 is 2.75. The number of benzene rings is 2. The van der Waals surface area contributed by atoms with Crippen LogP contribution in [0.15, 0.2) is 64.6 Å². The van der Waals surface area contributed by atoms with Gasteiger partial charge in [-0.25, -0.2) is 0 Å². The van der Waals surface area contributed by atoms with Crippen LogP contribution in [0, 0.1) is 18.3 Å². The third kappa shape index (κ3) is 4.06. The average molecular weight is 420 g/mol. The molecule has 29 heavy (non-hydrogen) atoms. The van der Waals surface area contributed by atoms with Gasteiger partial charge in [-0.15, -0.1) is 22.0 Å². The van der Waals surface area contributed by atoms with E-state index < -0.39 is 0 Å². The first-order valence-corrected chi connectivity index (χ1v) is 10.9. The second kappa shape index (κ2) is 8.55. The normalized spacial score (nSPS) is 10.9. The van der Waals surface area contributed by atoms with Crippen molar-refractivity contribution in [3.8, 4) is 6.07 Å². The number of para-hydroxylation sites is 2. The number of hydrogen-bond acceptors (Lipinski definition) is 6. The summed E-state index contributed by atoms with van der Waals surface area (Å²) in [6.07, 6.45) is 0. The van der Waals surface area contributed by atoms with Gasteiger partial charge in [-0.2, -0.15) is 5.26 Å². The number of carbonyl (C=O) groups is 1. The Bertz CT molecular complexity index is 1250. The van der Waals surface area contributed by atoms with Gasteiger partial charge in [0.15, 0.2) is 10.8 Å². The lowest BCUT2D eigenvalue weighted by molar-refractivity contribution is -0.113. The molecule has 0 aliphatic heterocycles. The van der Waals surface area contributed by atoms with Crippen LogP contribution in [0.5, 0.6) is 0 Å². The Morgan fingerprint density at radius 3 is 2.79 bits per heavy atom. The fourth-order valence-electron chi connectivity index (χ4n) is 3.09. The van der Waals surface area contributed by atoms with Crippen LogP contribution >= 0.6 is 23.5 Å². The molecule has 144 valence electrons. The van der Waals surface area contributed by atoms with Gasteiger partial charge in [0.1, 0.15) is 0 Å². The third-order valence-electron chi connectivity index (χ3n) is 4.36. The van der Waals surface area contributed by atoms with Crippen LogP contribution < -0.4 is 5.32 Å². The zero-order valence-electron chi connectivity index (χ0n) is 15.6. The highest BCUT2D eigenvalue weighted by Gasteiger charge is 2.14. The van der Waals surface area contributed by atoms with Crippen molar-refractivity contribution in [2.24, 2.45) is 0 Å². The van der Waals surface area contributed by atoms with E-state index in [2.05, 4.69) is 34.6 Å². The number of aryl methyl sites for hydroxylation is 1. The monoisotopic (exact) mass is 419 g/mol. The summed E-state index contributed by atoms with van der Waals surface area (Å²) in [4.78, 5) is 13.4. The second-order valence-electron chi connectivity index (χ2n) is 6.30. The molecule has 0 saturated heterocycles. The smallest absolute Gasteiger partial charge is 0.234 e. The van der Waals surface area contributed by atoms with Crippen molar-refractivity contribution in [1.29, 1.82) is 5.26 Å². The van der Waals surface area contributed by atoms with Crippen LogP contribution in [-0.2, 0) is 4.79 Å². The number of thioether (sulfide) groups is 2. The number of nitrogens with one attached hydrogen (secondary N) is 1. The number of nitriles is 1. The molecule has 4 aromatic rings. The van der Waals surface area contributed by atoms with Crippen molar-refractivity contribution in [3.63, 3.8) is 0 Å². The van der Waals surface area contributed by atoms with Crippen molar-refractivity contribution in [1.82, 2.24) is 14.6 Å². The Morgan fingerprint density at radius 2 is 1.93 bits per heavy atom. The molecule has 4 rings (SSSR count). The Morgan fingerprint density at radius 1 is 1.14 bits per heavy atom. The predicted molar refractivity (Wildman–Crippen MR) is 117 cm³/mol. The number of hydrogen-bond donors (Lipinski definition) is 1. The highest BCUT2D eigenvalue weighted by molar-refractivity contribution is 8.00. The Labute approximate surface area is 176 Å². The molecule has 1 N–H and O–H groups in total. The van der Waals surface area contributed by atoms with Gasteiger partial charge in [0.05, 0.1) is 28.8 Å². The molecular weight excluding hydrogens is 402 g/mol. The van der Waals surface area contributed by atoms with Gasteiger partial charge in [-0.05, 0) is 36.8 Å². The predicted octanol–water partition coefficient (Wildman–Crippen LogP) is 4.54. The van der Waals surface area contributed by atoms with Crippen molar-refractivity contribution in [2.75, 3.05) is 16.8 Å². The van der Waals surface area contributed by atoms with Crippen molar-refractivity contribution < 1.29 is 4.79 Å². The first-order valence-electron chi connectivity index (χ1n) is 8.92. The molecule has 2 aromatic heterocycles. The fraction of sp³-hybridized carbons (Fsp3) is 0.143. The van der Waals surface area contributed by atoms with Gasteiger partial charge in [0, 0.05) is 10.3 Å². The topological polar surface area (TPSA) is 83.1 Å². The Balaban J connectivity index is 1.53. The second-order valence-corrected chi connectivity index (χ2v) is 8.26. The molecule has 6 nitrogen and oxygen atoms in total. The quantitative estimate of drug-likeness (QED) is 0.462. The number of rotatable bonds is 6. The summed E-state index contributed by atoms with van der Waals surface area (Å²) < 4.78 is 1.98. The first-order chi connectivity index (χ1) is 14.2. The maximum absolute atomic E-state index is 12.5. The summed E-state index contributed by atoms with van der Waals surface area (Å²) in [5.41, 5.74) is 3.64. The van der Waals surface area contributed by atoms with E-state index in [9.17, 15) is 4.79 Å². The van der Waals surface area contributed by atoms with Crippen LogP contribution in [0.2, 0.25) is 0 Å². The molecule has 1 amide bonds. The van der Waals surface area contributed by atoms with Crippen molar-refractivity contribution in [2.45, 2.75) is 17.0 Å². The van der Waals surface area contributed by atoms with Gasteiger partial charge in [-0.1, -0.05) is 42.1 Å². The molecule has 0 aliphatic carbocycles. The minimum atomic E-state index is -0.131. The average Bonchev–Trinajstić information content (AvgIpc) is 3.15. The van der Waals surface area contributed by atoms with E-state index in [1.807, 2.05) is 52.9 Å². The lowest BCUT2D eigenvalue weighted by Crippen LogP contribution is -2.15. The molecule has 2 aromatic carbocycles. The zero-order chi connectivity index (χ0) is 20.2. The molecule has 2 heterocycles. The van der Waals surface area contributed by atoms with Crippen molar-refractivity contribution in [3.05, 3.63) is 60.2 Å². The van der Waals surface area contributed by atoms with Gasteiger partial charge >= 0.3 is 0 Å². The van der Waals surface area contributed by atoms with Crippen LogP contribution in [0.1, 0.15) is 5.56 Å². The zero-order valence-corrected chi connectivity index (χ0v) is 17.3. The van der Waals surface area contributed by atoms with Crippen LogP contribution in [0.3, 0.4) is 0 Å². The van der Waals surface area contributed by atoms with Gasteiger partial charge in [-0.3, -0.25) is 9.20 Å². The van der Waals surface area contributed by atoms with E-state index in [0.717, 1.165) is 27.0 Å². The number of pyridine rings is 1. The summed E-state index contributed by atoms with van der Waals surface area (Å²) in [6.45, 7) is 2.05. The van der Waals surface area contributed by atoms with Crippen molar-refractivity contribution >= 4 is 51.7 Å². The summed E-state index contributed by atoms with van der Waals surface area (Å²) in [6, 6.07) is 19.7. The summed E-state index contributed by atoms with van der Waals surface area (Å²) in [7, 11) is 0. The Kier molecular flexibility index (Phi) is 5.69. The van der Waals surface area contributed by atoms with E-state index in [0.29, 0.717) is 16.6 Å². The molecule has 0 spiro atoms. The van der Waals surface area contributed by atoms with Crippen LogP contribution in [-0.4, -0.2) is 32.0 Å². The maximum atomic E-state index is 12.5. The van der Waals surface area contributed by atoms with E-state index in [-0.39, 0.29) is 11.7 Å². The summed E-state index contributed by atoms with van der Waals surface area (Å²) in [5, 5.41) is 22.1. The number of anilines is 1. The number of fused-ring (bicyclic) bond motifs is 3. The maximum Gasteiger partial charge on any atom is 0.234 e. The van der Waals surface area contributed by atoms with Gasteiger partial charge in [0.25, 0.3) is 0 Å². The highest BCUT2D eigenvalue weighted by Crippen LogP contribution is 2.28. The van der Waals surface area contributed by atoms with Gasteiger partial charge < -0.3 is 5.32 Å². The van der Waals surface area contributed by atoms with E-state index in [1.54, 1.807) is 0 Å².